The number of nitrogens with zero attached hydrogens (tertiary/aromatic N) is 1. The van der Waals surface area contributed by atoms with Crippen molar-refractivity contribution in [3.63, 3.8) is 0 Å². The van der Waals surface area contributed by atoms with E-state index < -0.39 is 4.92 Å². The summed E-state index contributed by atoms with van der Waals surface area (Å²) in [6, 6.07) is 5.40. The molecule has 0 atom stereocenters. The van der Waals surface area contributed by atoms with Crippen LogP contribution in [0.15, 0.2) is 30.5 Å². The Balaban J connectivity index is 3.08. The lowest BCUT2D eigenvalue weighted by molar-refractivity contribution is -0.384. The Morgan fingerprint density at radius 2 is 1.93 bits per heavy atom. The number of nitro benzene ring substituents is 1. The fourth-order valence-corrected chi connectivity index (χ4v) is 1.13. The van der Waals surface area contributed by atoms with Gasteiger partial charge in [-0.3, -0.25) is 14.9 Å². The molecule has 15 heavy (non-hydrogen) atoms. The van der Waals surface area contributed by atoms with E-state index in [-0.39, 0.29) is 17.0 Å². The number of non-ortho nitro benzene ring substituents is 1. The highest BCUT2D eigenvalue weighted by Crippen LogP contribution is 2.18. The molecule has 0 saturated heterocycles. The summed E-state index contributed by atoms with van der Waals surface area (Å²) in [5.41, 5.74) is 0.528. The first-order valence-corrected chi connectivity index (χ1v) is 4.16. The molecule has 0 radical (unpaired) electrons. The van der Waals surface area contributed by atoms with Gasteiger partial charge in [-0.15, -0.1) is 0 Å². The number of nitro groups is 1. The summed E-state index contributed by atoms with van der Waals surface area (Å²) in [4.78, 5) is 20.9. The van der Waals surface area contributed by atoms with Gasteiger partial charge >= 0.3 is 0 Å². The number of ketones is 1. The van der Waals surface area contributed by atoms with Gasteiger partial charge in [-0.05, 0) is 24.6 Å². The van der Waals surface area contributed by atoms with Crippen LogP contribution in [0.1, 0.15) is 12.5 Å². The molecule has 0 aliphatic rings. The number of aliphatic hydroxyl groups is 1. The van der Waals surface area contributed by atoms with Crippen molar-refractivity contribution in [1.82, 2.24) is 0 Å². The molecule has 1 aromatic carbocycles. The Morgan fingerprint density at radius 3 is 2.27 bits per heavy atom. The van der Waals surface area contributed by atoms with Crippen LogP contribution in [0.3, 0.4) is 0 Å². The first-order chi connectivity index (χ1) is 7.06. The van der Waals surface area contributed by atoms with Crippen LogP contribution in [0.5, 0.6) is 0 Å². The van der Waals surface area contributed by atoms with E-state index in [2.05, 4.69) is 0 Å². The molecule has 0 fully saturated rings. The summed E-state index contributed by atoms with van der Waals surface area (Å²) in [6.07, 6.45) is 0.698. The van der Waals surface area contributed by atoms with Gasteiger partial charge in [0.25, 0.3) is 5.69 Å². The molecule has 0 saturated carbocycles. The van der Waals surface area contributed by atoms with Crippen molar-refractivity contribution in [3.05, 3.63) is 46.2 Å². The molecule has 5 nitrogen and oxygen atoms in total. The molecular formula is C10H9NO4. The zero-order valence-corrected chi connectivity index (χ0v) is 8.01. The van der Waals surface area contributed by atoms with Crippen LogP contribution in [0.4, 0.5) is 5.69 Å². The second-order valence-electron chi connectivity index (χ2n) is 2.90. The molecule has 1 rings (SSSR count). The lowest BCUT2D eigenvalue weighted by Crippen LogP contribution is -1.96. The van der Waals surface area contributed by atoms with Crippen LogP contribution in [0.2, 0.25) is 0 Å². The highest BCUT2D eigenvalue weighted by molar-refractivity contribution is 6.19. The van der Waals surface area contributed by atoms with Crippen molar-refractivity contribution in [2.24, 2.45) is 0 Å². The molecule has 0 aromatic heterocycles. The number of benzene rings is 1. The average Bonchev–Trinajstić information content (AvgIpc) is 2.19. The third kappa shape index (κ3) is 2.40. The fraction of sp³-hybridized carbons (Fsp3) is 0.100. The number of allylic oxidation sites excluding steroid dienone is 1. The third-order valence-electron chi connectivity index (χ3n) is 1.90. The molecule has 0 aliphatic heterocycles. The molecule has 0 unspecified atom stereocenters. The van der Waals surface area contributed by atoms with E-state index in [0.717, 1.165) is 0 Å². The van der Waals surface area contributed by atoms with E-state index in [9.17, 15) is 14.9 Å². The molecule has 0 amide bonds. The fourth-order valence-electron chi connectivity index (χ4n) is 1.13. The van der Waals surface area contributed by atoms with Crippen molar-refractivity contribution in [2.75, 3.05) is 0 Å². The Hall–Kier alpha value is -2.17. The Kier molecular flexibility index (Phi) is 3.17. The summed E-state index contributed by atoms with van der Waals surface area (Å²) in [6.45, 7) is 1.31. The second-order valence-corrected chi connectivity index (χ2v) is 2.90. The van der Waals surface area contributed by atoms with Gasteiger partial charge < -0.3 is 5.11 Å². The summed E-state index contributed by atoms with van der Waals surface area (Å²) >= 11 is 0. The largest absolute Gasteiger partial charge is 0.515 e. The van der Waals surface area contributed by atoms with Crippen molar-refractivity contribution in [1.29, 1.82) is 0 Å². The van der Waals surface area contributed by atoms with Gasteiger partial charge in [0.2, 0.25) is 0 Å². The Labute approximate surface area is 85.8 Å². The lowest BCUT2D eigenvalue weighted by atomic mass is 10.0. The van der Waals surface area contributed by atoms with Gasteiger partial charge in [0.1, 0.15) is 0 Å². The number of carbonyl (C=O) groups excluding carboxylic acids is 1. The zero-order chi connectivity index (χ0) is 11.4. The molecule has 0 heterocycles. The first kappa shape index (κ1) is 10.9. The summed E-state index contributed by atoms with van der Waals surface area (Å²) < 4.78 is 0. The van der Waals surface area contributed by atoms with E-state index in [1.54, 1.807) is 0 Å². The number of rotatable bonds is 3. The maximum absolute atomic E-state index is 11.0. The first-order valence-electron chi connectivity index (χ1n) is 4.16. The van der Waals surface area contributed by atoms with Gasteiger partial charge in [-0.25, -0.2) is 0 Å². The van der Waals surface area contributed by atoms with Gasteiger partial charge in [0.05, 0.1) is 16.8 Å². The van der Waals surface area contributed by atoms with E-state index in [1.165, 1.54) is 31.2 Å². The highest BCUT2D eigenvalue weighted by atomic mass is 16.6. The number of hydrogen-bond donors (Lipinski definition) is 1. The second kappa shape index (κ2) is 4.36. The number of carbonyl (C=O) groups is 1. The molecule has 0 bridgehead atoms. The number of aliphatic hydroxyl groups excluding tert-OH is 1. The van der Waals surface area contributed by atoms with Gasteiger partial charge in [-0.2, -0.15) is 0 Å². The standard InChI is InChI=1S/C10H9NO4/c1-7(13)10(6-12)8-2-4-9(5-3-8)11(14)15/h2-6,12H,1H3. The third-order valence-corrected chi connectivity index (χ3v) is 1.90. The minimum absolute atomic E-state index is 0.0559. The normalized spacial score (nSPS) is 11.1. The molecule has 0 spiro atoms. The molecular weight excluding hydrogens is 198 g/mol. The van der Waals surface area contributed by atoms with Crippen LogP contribution >= 0.6 is 0 Å². The molecule has 78 valence electrons. The van der Waals surface area contributed by atoms with E-state index in [0.29, 0.717) is 11.8 Å². The van der Waals surface area contributed by atoms with E-state index in [4.69, 9.17) is 5.11 Å². The molecule has 0 aliphatic carbocycles. The molecule has 5 heteroatoms. The smallest absolute Gasteiger partial charge is 0.269 e. The van der Waals surface area contributed by atoms with E-state index in [1.807, 2.05) is 0 Å². The average molecular weight is 207 g/mol. The minimum Gasteiger partial charge on any atom is -0.515 e. The van der Waals surface area contributed by atoms with Crippen LogP contribution < -0.4 is 0 Å². The minimum atomic E-state index is -0.528. The molecule has 1 N–H and O–H groups in total. The van der Waals surface area contributed by atoms with Crippen LogP contribution in [-0.4, -0.2) is 15.8 Å². The quantitative estimate of drug-likeness (QED) is 0.356. The van der Waals surface area contributed by atoms with Crippen molar-refractivity contribution < 1.29 is 14.8 Å². The van der Waals surface area contributed by atoms with Crippen LogP contribution in [0, 0.1) is 10.1 Å². The number of hydrogen-bond acceptors (Lipinski definition) is 4. The summed E-state index contributed by atoms with van der Waals surface area (Å²) in [5, 5.41) is 19.2. The predicted octanol–water partition coefficient (Wildman–Crippen LogP) is 2.08. The van der Waals surface area contributed by atoms with Gasteiger partial charge in [0.15, 0.2) is 5.78 Å². The number of Topliss-reactive ketones (excluding diaryl/α,β-unsaturated/α-hetero) is 1. The van der Waals surface area contributed by atoms with Crippen LogP contribution in [-0.2, 0) is 4.79 Å². The predicted molar refractivity (Wildman–Crippen MR) is 54.4 cm³/mol. The lowest BCUT2D eigenvalue weighted by Gasteiger charge is -2.01. The summed E-state index contributed by atoms with van der Waals surface area (Å²) in [7, 11) is 0. The monoisotopic (exact) mass is 207 g/mol. The Morgan fingerprint density at radius 1 is 1.40 bits per heavy atom. The maximum Gasteiger partial charge on any atom is 0.269 e. The summed E-state index contributed by atoms with van der Waals surface area (Å²) in [5.74, 6) is -0.300. The molecule has 1 aromatic rings. The van der Waals surface area contributed by atoms with Crippen molar-refractivity contribution >= 4 is 17.0 Å². The highest BCUT2D eigenvalue weighted by Gasteiger charge is 2.09. The van der Waals surface area contributed by atoms with Crippen molar-refractivity contribution in [3.8, 4) is 0 Å². The topological polar surface area (TPSA) is 80.4 Å². The van der Waals surface area contributed by atoms with Gasteiger partial charge in [-0.1, -0.05) is 0 Å². The SMILES string of the molecule is CC(=O)C(=CO)c1ccc([N+](=O)[O-])cc1. The maximum atomic E-state index is 11.0. The van der Waals surface area contributed by atoms with Crippen molar-refractivity contribution in [2.45, 2.75) is 6.92 Å². The van der Waals surface area contributed by atoms with Crippen LogP contribution in [0.25, 0.3) is 5.57 Å². The Bertz CT molecular complexity index is 420. The van der Waals surface area contributed by atoms with Gasteiger partial charge in [0, 0.05) is 12.1 Å². The zero-order valence-electron chi connectivity index (χ0n) is 8.01. The van der Waals surface area contributed by atoms with E-state index >= 15 is 0 Å².